The first-order chi connectivity index (χ1) is 9.30. The highest BCUT2D eigenvalue weighted by atomic mass is 16.7. The summed E-state index contributed by atoms with van der Waals surface area (Å²) >= 11 is 0. The topological polar surface area (TPSA) is 47.9 Å². The molecule has 0 aromatic heterocycles. The van der Waals surface area contributed by atoms with Gasteiger partial charge in [-0.1, -0.05) is 18.2 Å². The SMILES string of the molecule is O=C1C=N[C@H]2CCC=C[C@@]12c1ccc2c(c1)OCO2. The van der Waals surface area contributed by atoms with Crippen LogP contribution in [0.4, 0.5) is 0 Å². The zero-order valence-corrected chi connectivity index (χ0v) is 10.3. The molecule has 0 bridgehead atoms. The Hall–Kier alpha value is -2.10. The Labute approximate surface area is 110 Å². The molecule has 2 aliphatic heterocycles. The van der Waals surface area contributed by atoms with E-state index in [1.165, 1.54) is 6.21 Å². The highest BCUT2D eigenvalue weighted by Crippen LogP contribution is 2.44. The summed E-state index contributed by atoms with van der Waals surface area (Å²) in [6.45, 7) is 0.246. The van der Waals surface area contributed by atoms with Gasteiger partial charge in [0.05, 0.1) is 17.7 Å². The third-order valence-corrected chi connectivity index (χ3v) is 4.14. The average molecular weight is 255 g/mol. The van der Waals surface area contributed by atoms with Crippen molar-refractivity contribution in [2.45, 2.75) is 24.3 Å². The first-order valence-corrected chi connectivity index (χ1v) is 6.46. The second-order valence-electron chi connectivity index (χ2n) is 5.07. The molecule has 4 nitrogen and oxygen atoms in total. The van der Waals surface area contributed by atoms with Gasteiger partial charge in [0.15, 0.2) is 17.3 Å². The average Bonchev–Trinajstić information content (AvgIpc) is 3.04. The van der Waals surface area contributed by atoms with Crippen molar-refractivity contribution in [2.75, 3.05) is 6.79 Å². The maximum atomic E-state index is 12.4. The molecular formula is C15H13NO3. The summed E-state index contributed by atoms with van der Waals surface area (Å²) in [5.74, 6) is 1.51. The van der Waals surface area contributed by atoms with Crippen molar-refractivity contribution in [2.24, 2.45) is 4.99 Å². The van der Waals surface area contributed by atoms with E-state index in [9.17, 15) is 4.79 Å². The summed E-state index contributed by atoms with van der Waals surface area (Å²) in [4.78, 5) is 16.7. The van der Waals surface area contributed by atoms with Crippen LogP contribution in [0.1, 0.15) is 18.4 Å². The fourth-order valence-corrected chi connectivity index (χ4v) is 3.15. The first-order valence-electron chi connectivity index (χ1n) is 6.46. The van der Waals surface area contributed by atoms with E-state index < -0.39 is 5.41 Å². The number of ether oxygens (including phenoxy) is 2. The van der Waals surface area contributed by atoms with Gasteiger partial charge in [0.1, 0.15) is 0 Å². The van der Waals surface area contributed by atoms with E-state index in [0.717, 1.165) is 24.2 Å². The summed E-state index contributed by atoms with van der Waals surface area (Å²) in [5.41, 5.74) is 0.319. The molecule has 0 N–H and O–H groups in total. The zero-order chi connectivity index (χ0) is 12.9. The summed E-state index contributed by atoms with van der Waals surface area (Å²) in [7, 11) is 0. The van der Waals surface area contributed by atoms with Crippen LogP contribution in [-0.2, 0) is 10.2 Å². The van der Waals surface area contributed by atoms with Crippen LogP contribution in [0.3, 0.4) is 0 Å². The van der Waals surface area contributed by atoms with Crippen molar-refractivity contribution < 1.29 is 14.3 Å². The molecule has 2 atom stereocenters. The van der Waals surface area contributed by atoms with Gasteiger partial charge in [0.25, 0.3) is 0 Å². The first kappa shape index (κ1) is 10.8. The highest BCUT2D eigenvalue weighted by molar-refractivity contribution is 6.34. The van der Waals surface area contributed by atoms with Gasteiger partial charge in [-0.2, -0.15) is 0 Å². The van der Waals surface area contributed by atoms with Crippen LogP contribution in [-0.4, -0.2) is 24.8 Å². The van der Waals surface area contributed by atoms with Crippen LogP contribution in [0, 0.1) is 0 Å². The molecule has 0 saturated heterocycles. The number of hydrogen-bond acceptors (Lipinski definition) is 4. The lowest BCUT2D eigenvalue weighted by molar-refractivity contribution is -0.116. The minimum absolute atomic E-state index is 0.0189. The molecule has 0 unspecified atom stereocenters. The number of carbonyl (C=O) groups is 1. The molecule has 19 heavy (non-hydrogen) atoms. The minimum Gasteiger partial charge on any atom is -0.454 e. The maximum Gasteiger partial charge on any atom is 0.231 e. The largest absolute Gasteiger partial charge is 0.454 e. The van der Waals surface area contributed by atoms with Gasteiger partial charge in [-0.15, -0.1) is 0 Å². The molecule has 0 amide bonds. The molecule has 2 heterocycles. The molecule has 0 spiro atoms. The molecule has 0 radical (unpaired) electrons. The molecule has 96 valence electrons. The Balaban J connectivity index is 1.88. The van der Waals surface area contributed by atoms with Crippen molar-refractivity contribution in [1.82, 2.24) is 0 Å². The number of ketones is 1. The Bertz CT molecular complexity index is 620. The lowest BCUT2D eigenvalue weighted by Crippen LogP contribution is -2.41. The van der Waals surface area contributed by atoms with Gasteiger partial charge in [-0.3, -0.25) is 9.79 Å². The third-order valence-electron chi connectivity index (χ3n) is 4.14. The molecule has 0 saturated carbocycles. The number of benzene rings is 1. The van der Waals surface area contributed by atoms with Crippen LogP contribution in [0.15, 0.2) is 35.3 Å². The lowest BCUT2D eigenvalue weighted by atomic mass is 9.69. The predicted molar refractivity (Wildman–Crippen MR) is 69.9 cm³/mol. The maximum absolute atomic E-state index is 12.4. The number of carbonyl (C=O) groups excluding carboxylic acids is 1. The number of allylic oxidation sites excluding steroid dienone is 1. The monoisotopic (exact) mass is 255 g/mol. The number of rotatable bonds is 1. The van der Waals surface area contributed by atoms with Gasteiger partial charge in [0.2, 0.25) is 6.79 Å². The number of aliphatic imine (C=N–C) groups is 1. The van der Waals surface area contributed by atoms with Crippen molar-refractivity contribution in [1.29, 1.82) is 0 Å². The van der Waals surface area contributed by atoms with Crippen molar-refractivity contribution in [3.05, 3.63) is 35.9 Å². The number of fused-ring (bicyclic) bond motifs is 2. The van der Waals surface area contributed by atoms with Crippen molar-refractivity contribution >= 4 is 12.0 Å². The Morgan fingerprint density at radius 1 is 1.26 bits per heavy atom. The summed E-state index contributed by atoms with van der Waals surface area (Å²) < 4.78 is 10.7. The van der Waals surface area contributed by atoms with Crippen LogP contribution >= 0.6 is 0 Å². The standard InChI is InChI=1S/C15H13NO3/c17-14-8-16-13-3-1-2-6-15(13,14)10-4-5-11-12(7-10)19-9-18-11/h2,4-8,13H,1,3,9H2/t13-,15-/m0/s1. The summed E-state index contributed by atoms with van der Waals surface area (Å²) in [6, 6.07) is 5.75. The molecule has 3 aliphatic rings. The van der Waals surface area contributed by atoms with E-state index in [2.05, 4.69) is 11.1 Å². The molecule has 4 rings (SSSR count). The van der Waals surface area contributed by atoms with Crippen LogP contribution in [0.5, 0.6) is 11.5 Å². The number of hydrogen-bond donors (Lipinski definition) is 0. The van der Waals surface area contributed by atoms with E-state index in [1.54, 1.807) is 0 Å². The Morgan fingerprint density at radius 3 is 3.11 bits per heavy atom. The summed E-state index contributed by atoms with van der Waals surface area (Å²) in [5, 5.41) is 0. The van der Waals surface area contributed by atoms with E-state index in [0.29, 0.717) is 5.75 Å². The second kappa shape index (κ2) is 3.70. The van der Waals surface area contributed by atoms with Crippen LogP contribution < -0.4 is 9.47 Å². The zero-order valence-electron chi connectivity index (χ0n) is 10.3. The smallest absolute Gasteiger partial charge is 0.231 e. The molecular weight excluding hydrogens is 242 g/mol. The Kier molecular flexibility index (Phi) is 2.10. The van der Waals surface area contributed by atoms with E-state index >= 15 is 0 Å². The molecule has 1 aromatic rings. The van der Waals surface area contributed by atoms with E-state index in [1.807, 2.05) is 24.3 Å². The van der Waals surface area contributed by atoms with Gasteiger partial charge >= 0.3 is 0 Å². The molecule has 4 heteroatoms. The van der Waals surface area contributed by atoms with Gasteiger partial charge in [0, 0.05) is 0 Å². The van der Waals surface area contributed by atoms with Gasteiger partial charge in [-0.05, 0) is 30.5 Å². The van der Waals surface area contributed by atoms with Crippen LogP contribution in [0.25, 0.3) is 0 Å². The Morgan fingerprint density at radius 2 is 2.16 bits per heavy atom. The summed E-state index contributed by atoms with van der Waals surface area (Å²) in [6.07, 6.45) is 7.45. The van der Waals surface area contributed by atoms with E-state index in [4.69, 9.17) is 9.47 Å². The highest BCUT2D eigenvalue weighted by Gasteiger charge is 2.48. The van der Waals surface area contributed by atoms with Gasteiger partial charge < -0.3 is 9.47 Å². The predicted octanol–water partition coefficient (Wildman–Crippen LogP) is 2.03. The molecule has 0 fully saturated rings. The van der Waals surface area contributed by atoms with Gasteiger partial charge in [-0.25, -0.2) is 0 Å². The molecule has 1 aliphatic carbocycles. The molecule has 1 aromatic carbocycles. The quantitative estimate of drug-likeness (QED) is 0.721. The van der Waals surface area contributed by atoms with E-state index in [-0.39, 0.29) is 18.6 Å². The number of nitrogens with zero attached hydrogens (tertiary/aromatic N) is 1. The minimum atomic E-state index is -0.626. The van der Waals surface area contributed by atoms with Crippen molar-refractivity contribution in [3.8, 4) is 11.5 Å². The fourth-order valence-electron chi connectivity index (χ4n) is 3.15. The normalized spacial score (nSPS) is 30.7. The van der Waals surface area contributed by atoms with Crippen LogP contribution in [0.2, 0.25) is 0 Å². The second-order valence-corrected chi connectivity index (χ2v) is 5.07. The van der Waals surface area contributed by atoms with Crippen molar-refractivity contribution in [3.63, 3.8) is 0 Å². The fraction of sp³-hybridized carbons (Fsp3) is 0.333. The third kappa shape index (κ3) is 1.34. The number of Topliss-reactive ketones (excluding diaryl/α,β-unsaturated/α-hetero) is 1. The lowest BCUT2D eigenvalue weighted by Gasteiger charge is -2.33.